The number of hydrogen-bond donors (Lipinski definition) is 0. The molecule has 1 atom stereocenters. The van der Waals surface area contributed by atoms with Gasteiger partial charge in [-0.1, -0.05) is 296 Å². The first-order valence-electron chi connectivity index (χ1n) is 30.7. The minimum Gasteiger partial charge on any atom is -0.462 e. The Bertz CT molecular complexity index is 1060. The van der Waals surface area contributed by atoms with Crippen molar-refractivity contribution in [1.82, 2.24) is 0 Å². The average Bonchev–Trinajstić information content (AvgIpc) is 3.34. The van der Waals surface area contributed by atoms with Crippen LogP contribution < -0.4 is 0 Å². The highest BCUT2D eigenvalue weighted by atomic mass is 16.6. The summed E-state index contributed by atoms with van der Waals surface area (Å²) in [5, 5.41) is 0. The number of esters is 3. The van der Waals surface area contributed by atoms with Crippen LogP contribution in [-0.2, 0) is 28.6 Å². The topological polar surface area (TPSA) is 78.9 Å². The first-order chi connectivity index (χ1) is 33.5. The third-order valence-corrected chi connectivity index (χ3v) is 14.0. The molecule has 6 heteroatoms. The quantitative estimate of drug-likeness (QED) is 0.0262. The Morgan fingerprint density at radius 2 is 0.485 bits per heavy atom. The molecule has 0 N–H and O–H groups in total. The first kappa shape index (κ1) is 66.2. The second kappa shape index (κ2) is 57.7. The number of rotatable bonds is 57. The maximum absolute atomic E-state index is 12.9. The summed E-state index contributed by atoms with van der Waals surface area (Å²) in [6.45, 7) is 6.70. The van der Waals surface area contributed by atoms with E-state index in [9.17, 15) is 14.4 Å². The second-order valence-electron chi connectivity index (χ2n) is 21.0. The Labute approximate surface area is 424 Å². The Balaban J connectivity index is 4.30. The third kappa shape index (κ3) is 55.1. The van der Waals surface area contributed by atoms with Gasteiger partial charge in [0, 0.05) is 19.3 Å². The predicted molar refractivity (Wildman–Crippen MR) is 293 cm³/mol. The van der Waals surface area contributed by atoms with Crippen LogP contribution in [0.2, 0.25) is 0 Å². The number of hydrogen-bond acceptors (Lipinski definition) is 6. The molecular weight excluding hydrogens is 841 g/mol. The summed E-state index contributed by atoms with van der Waals surface area (Å²) in [6, 6.07) is 0. The molecule has 0 saturated heterocycles. The number of carbonyl (C=O) groups excluding carboxylic acids is 3. The monoisotopic (exact) mass is 959 g/mol. The van der Waals surface area contributed by atoms with Gasteiger partial charge in [-0.25, -0.2) is 0 Å². The maximum Gasteiger partial charge on any atom is 0.306 e. The van der Waals surface area contributed by atoms with Crippen LogP contribution in [0.1, 0.15) is 348 Å². The lowest BCUT2D eigenvalue weighted by molar-refractivity contribution is -0.167. The largest absolute Gasteiger partial charge is 0.462 e. The van der Waals surface area contributed by atoms with Crippen LogP contribution >= 0.6 is 0 Å². The van der Waals surface area contributed by atoms with Crippen LogP contribution in [-0.4, -0.2) is 37.2 Å². The molecule has 402 valence electrons. The molecule has 0 amide bonds. The highest BCUT2D eigenvalue weighted by molar-refractivity contribution is 5.71. The first-order valence-corrected chi connectivity index (χ1v) is 30.7. The Morgan fingerprint density at radius 1 is 0.279 bits per heavy atom. The van der Waals surface area contributed by atoms with Gasteiger partial charge in [0.2, 0.25) is 0 Å². The standard InChI is InChI=1S/C62H118O6/c1-4-7-10-13-16-19-22-25-28-30-31-32-35-37-40-43-46-49-52-55-61(64)67-58-59(57-66-60(63)54-51-48-45-42-39-36-33-27-24-21-18-15-12-9-6-3)68-62(65)56-53-50-47-44-41-38-34-29-26-23-20-17-14-11-8-5-2/h25,28,59H,4-24,26-27,29-58H2,1-3H3/b28-25+/t59-/m1/s1. The molecule has 0 aromatic carbocycles. The number of carbonyl (C=O) groups is 3. The van der Waals surface area contributed by atoms with E-state index in [1.165, 1.54) is 250 Å². The van der Waals surface area contributed by atoms with Crippen LogP contribution in [0, 0.1) is 0 Å². The summed E-state index contributed by atoms with van der Waals surface area (Å²) in [4.78, 5) is 38.2. The van der Waals surface area contributed by atoms with E-state index in [-0.39, 0.29) is 31.1 Å². The van der Waals surface area contributed by atoms with Crippen molar-refractivity contribution in [2.75, 3.05) is 13.2 Å². The van der Waals surface area contributed by atoms with Gasteiger partial charge in [0.15, 0.2) is 6.10 Å². The van der Waals surface area contributed by atoms with Gasteiger partial charge in [0.1, 0.15) is 13.2 Å². The molecular formula is C62H118O6. The van der Waals surface area contributed by atoms with Crippen molar-refractivity contribution < 1.29 is 28.6 Å². The van der Waals surface area contributed by atoms with E-state index in [1.54, 1.807) is 0 Å². The van der Waals surface area contributed by atoms with Crippen LogP contribution in [0.4, 0.5) is 0 Å². The van der Waals surface area contributed by atoms with Gasteiger partial charge in [0.05, 0.1) is 0 Å². The summed E-state index contributed by atoms with van der Waals surface area (Å²) < 4.78 is 16.9. The van der Waals surface area contributed by atoms with E-state index < -0.39 is 6.10 Å². The van der Waals surface area contributed by atoms with Gasteiger partial charge in [-0.3, -0.25) is 14.4 Å². The number of ether oxygens (including phenoxy) is 3. The van der Waals surface area contributed by atoms with Crippen molar-refractivity contribution >= 4 is 17.9 Å². The van der Waals surface area contributed by atoms with Crippen LogP contribution in [0.5, 0.6) is 0 Å². The van der Waals surface area contributed by atoms with Crippen molar-refractivity contribution in [2.45, 2.75) is 354 Å². The molecule has 0 aliphatic carbocycles. The van der Waals surface area contributed by atoms with Crippen molar-refractivity contribution in [3.8, 4) is 0 Å². The second-order valence-corrected chi connectivity index (χ2v) is 21.0. The molecule has 0 heterocycles. The highest BCUT2D eigenvalue weighted by Gasteiger charge is 2.19. The van der Waals surface area contributed by atoms with Crippen molar-refractivity contribution in [1.29, 1.82) is 0 Å². The molecule has 0 aromatic rings. The molecule has 0 radical (unpaired) electrons. The van der Waals surface area contributed by atoms with Gasteiger partial charge in [0.25, 0.3) is 0 Å². The van der Waals surface area contributed by atoms with Crippen molar-refractivity contribution in [2.24, 2.45) is 0 Å². The Hall–Kier alpha value is -1.85. The third-order valence-electron chi connectivity index (χ3n) is 14.0. The van der Waals surface area contributed by atoms with E-state index in [0.29, 0.717) is 19.3 Å². The molecule has 0 bridgehead atoms. The van der Waals surface area contributed by atoms with E-state index in [0.717, 1.165) is 57.8 Å². The minimum absolute atomic E-state index is 0.0640. The SMILES string of the molecule is CCCCCCCC/C=C/CCCCCCCCCCCC(=O)OC[C@@H](COC(=O)CCCCCCCCCCCCCCCCC)OC(=O)CCCCCCCCCCCCCCCCCC. The normalized spacial score (nSPS) is 12.0. The zero-order chi connectivity index (χ0) is 49.3. The van der Waals surface area contributed by atoms with E-state index >= 15 is 0 Å². The van der Waals surface area contributed by atoms with Crippen LogP contribution in [0.15, 0.2) is 12.2 Å². The van der Waals surface area contributed by atoms with Crippen molar-refractivity contribution in [3.63, 3.8) is 0 Å². The molecule has 0 aliphatic heterocycles. The van der Waals surface area contributed by atoms with Gasteiger partial charge in [-0.2, -0.15) is 0 Å². The lowest BCUT2D eigenvalue weighted by Crippen LogP contribution is -2.30. The number of unbranched alkanes of at least 4 members (excludes halogenated alkanes) is 44. The van der Waals surface area contributed by atoms with Crippen LogP contribution in [0.3, 0.4) is 0 Å². The predicted octanol–water partition coefficient (Wildman–Crippen LogP) is 20.5. The molecule has 68 heavy (non-hydrogen) atoms. The molecule has 6 nitrogen and oxygen atoms in total. The fraction of sp³-hybridized carbons (Fsp3) is 0.919. The van der Waals surface area contributed by atoms with Crippen LogP contribution in [0.25, 0.3) is 0 Å². The van der Waals surface area contributed by atoms with E-state index in [4.69, 9.17) is 14.2 Å². The fourth-order valence-corrected chi connectivity index (χ4v) is 9.38. The lowest BCUT2D eigenvalue weighted by Gasteiger charge is -2.18. The summed E-state index contributed by atoms with van der Waals surface area (Å²) >= 11 is 0. The highest BCUT2D eigenvalue weighted by Crippen LogP contribution is 2.18. The van der Waals surface area contributed by atoms with Gasteiger partial charge in [-0.05, 0) is 44.9 Å². The zero-order valence-corrected chi connectivity index (χ0v) is 46.2. The molecule has 0 saturated carbocycles. The summed E-state index contributed by atoms with van der Waals surface area (Å²) in [5.41, 5.74) is 0. The molecule has 0 unspecified atom stereocenters. The van der Waals surface area contributed by atoms with Gasteiger partial charge >= 0.3 is 17.9 Å². The fourth-order valence-electron chi connectivity index (χ4n) is 9.38. The molecule has 0 aliphatic rings. The lowest BCUT2D eigenvalue weighted by atomic mass is 10.0. The Kier molecular flexibility index (Phi) is 56.2. The summed E-state index contributed by atoms with van der Waals surface area (Å²) in [6.07, 6.45) is 66.3. The van der Waals surface area contributed by atoms with Crippen molar-refractivity contribution in [3.05, 3.63) is 12.2 Å². The molecule has 0 rings (SSSR count). The maximum atomic E-state index is 12.9. The van der Waals surface area contributed by atoms with Gasteiger partial charge < -0.3 is 14.2 Å². The molecule has 0 fully saturated rings. The van der Waals surface area contributed by atoms with E-state index in [1.807, 2.05) is 0 Å². The average molecular weight is 960 g/mol. The minimum atomic E-state index is -0.765. The summed E-state index contributed by atoms with van der Waals surface area (Å²) in [5.74, 6) is -0.837. The molecule has 0 aromatic heterocycles. The smallest absolute Gasteiger partial charge is 0.306 e. The van der Waals surface area contributed by atoms with E-state index in [2.05, 4.69) is 32.9 Å². The zero-order valence-electron chi connectivity index (χ0n) is 46.2. The molecule has 0 spiro atoms. The number of allylic oxidation sites excluding steroid dienone is 2. The summed E-state index contributed by atoms with van der Waals surface area (Å²) in [7, 11) is 0. The Morgan fingerprint density at radius 3 is 0.735 bits per heavy atom. The van der Waals surface area contributed by atoms with Gasteiger partial charge in [-0.15, -0.1) is 0 Å².